The molecule has 7 heteroatoms. The van der Waals surface area contributed by atoms with Crippen LogP contribution in [0.15, 0.2) is 24.4 Å². The Balaban J connectivity index is 2.57. The number of nitrogens with zero attached hydrogens (tertiary/aromatic N) is 2. The third kappa shape index (κ3) is 1.71. The zero-order valence-corrected chi connectivity index (χ0v) is 7.51. The highest BCUT2D eigenvalue weighted by molar-refractivity contribution is 6.58. The van der Waals surface area contributed by atoms with E-state index in [0.717, 1.165) is 0 Å². The van der Waals surface area contributed by atoms with E-state index in [1.807, 2.05) is 0 Å². The second-order valence-corrected chi connectivity index (χ2v) is 3.06. The molecule has 0 spiro atoms. The Morgan fingerprint density at radius 3 is 2.67 bits per heavy atom. The van der Waals surface area contributed by atoms with Crippen LogP contribution in [-0.2, 0) is 0 Å². The van der Waals surface area contributed by atoms with E-state index in [4.69, 9.17) is 10.0 Å². The second kappa shape index (κ2) is 3.60. The average molecular weight is 212 g/mol. The van der Waals surface area contributed by atoms with Crippen molar-refractivity contribution in [3.05, 3.63) is 24.4 Å². The van der Waals surface area contributed by atoms with Gasteiger partial charge in [-0.15, -0.1) is 0 Å². The molecule has 1 heterocycles. The summed E-state index contributed by atoms with van der Waals surface area (Å²) in [6, 6.07) is 4.16. The first-order chi connectivity index (χ1) is 7.09. The second-order valence-electron chi connectivity index (χ2n) is 3.06. The average Bonchev–Trinajstić information content (AvgIpc) is 2.59. The zero-order chi connectivity index (χ0) is 11.0. The first-order valence-corrected chi connectivity index (χ1v) is 4.21. The van der Waals surface area contributed by atoms with Crippen molar-refractivity contribution in [1.82, 2.24) is 9.78 Å². The SMILES string of the molecule is OB(O)c1ccc2c(cnn2C(F)F)c1. The molecule has 4 nitrogen and oxygen atoms in total. The molecule has 0 aliphatic carbocycles. The molecule has 1 aromatic carbocycles. The van der Waals surface area contributed by atoms with Gasteiger partial charge in [0.1, 0.15) is 0 Å². The van der Waals surface area contributed by atoms with Crippen molar-refractivity contribution in [3.8, 4) is 0 Å². The Bertz CT molecular complexity index is 486. The highest BCUT2D eigenvalue weighted by atomic mass is 19.3. The Kier molecular flexibility index (Phi) is 2.41. The van der Waals surface area contributed by atoms with Gasteiger partial charge in [-0.05, 0) is 11.5 Å². The van der Waals surface area contributed by atoms with Crippen LogP contribution in [0.2, 0.25) is 0 Å². The van der Waals surface area contributed by atoms with E-state index >= 15 is 0 Å². The van der Waals surface area contributed by atoms with Gasteiger partial charge in [-0.2, -0.15) is 13.9 Å². The van der Waals surface area contributed by atoms with Crippen LogP contribution in [0, 0.1) is 0 Å². The van der Waals surface area contributed by atoms with Crippen molar-refractivity contribution < 1.29 is 18.8 Å². The Hall–Kier alpha value is -1.47. The Morgan fingerprint density at radius 1 is 1.33 bits per heavy atom. The molecule has 0 fully saturated rings. The summed E-state index contributed by atoms with van der Waals surface area (Å²) in [7, 11) is -1.61. The third-order valence-corrected chi connectivity index (χ3v) is 2.10. The van der Waals surface area contributed by atoms with Gasteiger partial charge in [0, 0.05) is 5.39 Å². The van der Waals surface area contributed by atoms with E-state index < -0.39 is 13.7 Å². The van der Waals surface area contributed by atoms with E-state index in [9.17, 15) is 8.78 Å². The largest absolute Gasteiger partial charge is 0.488 e. The summed E-state index contributed by atoms with van der Waals surface area (Å²) in [6.07, 6.45) is 1.26. The zero-order valence-electron chi connectivity index (χ0n) is 7.51. The molecule has 78 valence electrons. The van der Waals surface area contributed by atoms with Crippen LogP contribution >= 0.6 is 0 Å². The van der Waals surface area contributed by atoms with Gasteiger partial charge in [0.05, 0.1) is 11.7 Å². The number of halogens is 2. The number of benzene rings is 1. The van der Waals surface area contributed by atoms with Crippen LogP contribution < -0.4 is 5.46 Å². The number of hydrogen-bond donors (Lipinski definition) is 2. The molecule has 2 rings (SSSR count). The molecule has 2 aromatic rings. The summed E-state index contributed by atoms with van der Waals surface area (Å²) in [4.78, 5) is 0. The van der Waals surface area contributed by atoms with Crippen LogP contribution in [0.5, 0.6) is 0 Å². The predicted molar refractivity (Wildman–Crippen MR) is 50.8 cm³/mol. The number of aromatic nitrogens is 2. The van der Waals surface area contributed by atoms with E-state index in [1.165, 1.54) is 24.4 Å². The van der Waals surface area contributed by atoms with Crippen molar-refractivity contribution in [2.24, 2.45) is 0 Å². The first kappa shape index (κ1) is 10.1. The van der Waals surface area contributed by atoms with E-state index in [2.05, 4.69) is 5.10 Å². The van der Waals surface area contributed by atoms with E-state index in [0.29, 0.717) is 10.1 Å². The molecule has 0 amide bonds. The molecule has 0 aliphatic rings. The molecule has 0 bridgehead atoms. The first-order valence-electron chi connectivity index (χ1n) is 4.21. The third-order valence-electron chi connectivity index (χ3n) is 2.10. The Morgan fingerprint density at radius 2 is 2.07 bits per heavy atom. The monoisotopic (exact) mass is 212 g/mol. The summed E-state index contributed by atoms with van der Waals surface area (Å²) in [5.74, 6) is 0. The van der Waals surface area contributed by atoms with Gasteiger partial charge in [0.25, 0.3) is 0 Å². The van der Waals surface area contributed by atoms with Crippen LogP contribution in [0.1, 0.15) is 6.55 Å². The minimum atomic E-state index is -2.70. The van der Waals surface area contributed by atoms with E-state index in [1.54, 1.807) is 0 Å². The highest BCUT2D eigenvalue weighted by Crippen LogP contribution is 2.18. The van der Waals surface area contributed by atoms with Crippen molar-refractivity contribution in [2.45, 2.75) is 6.55 Å². The van der Waals surface area contributed by atoms with Crippen LogP contribution in [0.25, 0.3) is 10.9 Å². The maximum absolute atomic E-state index is 12.4. The smallest absolute Gasteiger partial charge is 0.423 e. The number of alkyl halides is 2. The summed E-state index contributed by atoms with van der Waals surface area (Å²) < 4.78 is 25.4. The summed E-state index contributed by atoms with van der Waals surface area (Å²) in [5, 5.41) is 21.7. The summed E-state index contributed by atoms with van der Waals surface area (Å²) >= 11 is 0. The van der Waals surface area contributed by atoms with E-state index in [-0.39, 0.29) is 11.0 Å². The van der Waals surface area contributed by atoms with Crippen LogP contribution in [0.3, 0.4) is 0 Å². The minimum absolute atomic E-state index is 0.247. The lowest BCUT2D eigenvalue weighted by atomic mass is 9.80. The molecule has 15 heavy (non-hydrogen) atoms. The maximum atomic E-state index is 12.4. The molecule has 2 N–H and O–H groups in total. The lowest BCUT2D eigenvalue weighted by Gasteiger charge is -2.02. The maximum Gasteiger partial charge on any atom is 0.488 e. The highest BCUT2D eigenvalue weighted by Gasteiger charge is 2.15. The molecule has 0 aliphatic heterocycles. The van der Waals surface area contributed by atoms with Crippen LogP contribution in [0.4, 0.5) is 8.78 Å². The molecule has 0 radical (unpaired) electrons. The molecule has 1 aromatic heterocycles. The predicted octanol–water partition coefficient (Wildman–Crippen LogP) is 0.111. The lowest BCUT2D eigenvalue weighted by Crippen LogP contribution is -2.29. The number of rotatable bonds is 2. The number of hydrogen-bond acceptors (Lipinski definition) is 3. The van der Waals surface area contributed by atoms with Gasteiger partial charge >= 0.3 is 13.7 Å². The van der Waals surface area contributed by atoms with Crippen molar-refractivity contribution >= 4 is 23.5 Å². The van der Waals surface area contributed by atoms with Gasteiger partial charge in [-0.25, -0.2) is 4.68 Å². The Labute approximate surface area is 83.9 Å². The molecular formula is C8H7BF2N2O2. The normalized spacial score (nSPS) is 11.3. The van der Waals surface area contributed by atoms with Crippen molar-refractivity contribution in [1.29, 1.82) is 0 Å². The minimum Gasteiger partial charge on any atom is -0.423 e. The fourth-order valence-corrected chi connectivity index (χ4v) is 1.39. The quantitative estimate of drug-likeness (QED) is 0.694. The lowest BCUT2D eigenvalue weighted by molar-refractivity contribution is 0.0615. The van der Waals surface area contributed by atoms with Gasteiger partial charge < -0.3 is 10.0 Å². The summed E-state index contributed by atoms with van der Waals surface area (Å²) in [5.41, 5.74) is 0.505. The molecule has 0 atom stereocenters. The van der Waals surface area contributed by atoms with Crippen molar-refractivity contribution in [3.63, 3.8) is 0 Å². The molecule has 0 unspecified atom stereocenters. The molecule has 0 saturated carbocycles. The fourth-order valence-electron chi connectivity index (χ4n) is 1.39. The van der Waals surface area contributed by atoms with Gasteiger partial charge in [-0.1, -0.05) is 12.1 Å². The molecule has 0 saturated heterocycles. The van der Waals surface area contributed by atoms with Crippen molar-refractivity contribution in [2.75, 3.05) is 0 Å². The fraction of sp³-hybridized carbons (Fsp3) is 0.125. The van der Waals surface area contributed by atoms with Gasteiger partial charge in [0.15, 0.2) is 0 Å². The van der Waals surface area contributed by atoms with Gasteiger partial charge in [-0.3, -0.25) is 0 Å². The topological polar surface area (TPSA) is 58.3 Å². The standard InChI is InChI=1S/C8H7BF2N2O2/c10-8(11)13-7-2-1-6(9(14)15)3-5(7)4-12-13/h1-4,8,14-15H. The van der Waals surface area contributed by atoms with Crippen LogP contribution in [-0.4, -0.2) is 26.9 Å². The molecular weight excluding hydrogens is 205 g/mol. The van der Waals surface area contributed by atoms with Gasteiger partial charge in [0.2, 0.25) is 0 Å². The number of fused-ring (bicyclic) bond motifs is 1. The summed E-state index contributed by atoms with van der Waals surface area (Å²) in [6.45, 7) is -2.70.